The van der Waals surface area contributed by atoms with Crippen molar-refractivity contribution >= 4 is 22.6 Å². The van der Waals surface area contributed by atoms with E-state index >= 15 is 0 Å². The van der Waals surface area contributed by atoms with Crippen LogP contribution in [-0.4, -0.2) is 9.97 Å². The zero-order valence-electron chi connectivity index (χ0n) is 6.44. The number of hydrogen-bond donors (Lipinski definition) is 1. The van der Waals surface area contributed by atoms with Crippen LogP contribution >= 0.6 is 22.6 Å². The molecule has 0 bridgehead atoms. The van der Waals surface area contributed by atoms with Gasteiger partial charge in [-0.2, -0.15) is 0 Å². The molecule has 1 rings (SSSR count). The predicted octanol–water partition coefficient (Wildman–Crippen LogP) is 1.25. The molecule has 0 radical (unpaired) electrons. The number of nitrogens with one attached hydrogen (secondary N) is 1. The summed E-state index contributed by atoms with van der Waals surface area (Å²) in [6.45, 7) is 3.81. The summed E-state index contributed by atoms with van der Waals surface area (Å²) in [5.74, 6) is 0.757. The number of halogens is 1. The van der Waals surface area contributed by atoms with Crippen LogP contribution in [0, 0.1) is 10.5 Å². The minimum atomic E-state index is -0.0325. The largest absolute Gasteiger partial charge is 0.310 e. The maximum atomic E-state index is 11.1. The van der Waals surface area contributed by atoms with Crippen molar-refractivity contribution in [2.45, 2.75) is 20.3 Å². The van der Waals surface area contributed by atoms with Gasteiger partial charge in [0.1, 0.15) is 5.82 Å². The highest BCUT2D eigenvalue weighted by Gasteiger charge is 2.01. The molecule has 0 aromatic carbocycles. The van der Waals surface area contributed by atoms with Crippen molar-refractivity contribution in [3.8, 4) is 0 Å². The Kier molecular flexibility index (Phi) is 2.64. The van der Waals surface area contributed by atoms with E-state index in [2.05, 4.69) is 9.97 Å². The molecule has 3 nitrogen and oxygen atoms in total. The van der Waals surface area contributed by atoms with E-state index in [1.807, 2.05) is 36.4 Å². The summed E-state index contributed by atoms with van der Waals surface area (Å²) >= 11 is 2.00. The molecule has 1 N–H and O–H groups in total. The molecule has 0 aliphatic heterocycles. The van der Waals surface area contributed by atoms with Crippen molar-refractivity contribution in [3.63, 3.8) is 0 Å². The Bertz CT molecular complexity index is 319. The normalized spacial score (nSPS) is 10.1. The zero-order valence-corrected chi connectivity index (χ0v) is 8.60. The van der Waals surface area contributed by atoms with E-state index in [1.165, 1.54) is 0 Å². The SMILES string of the molecule is CCc1nc(C)c(I)c(=O)[nH]1. The van der Waals surface area contributed by atoms with E-state index in [0.29, 0.717) is 3.57 Å². The molecule has 0 spiro atoms. The molecule has 0 unspecified atom stereocenters. The lowest BCUT2D eigenvalue weighted by molar-refractivity contribution is 0.889. The summed E-state index contributed by atoms with van der Waals surface area (Å²) in [4.78, 5) is 18.0. The fourth-order valence-corrected chi connectivity index (χ4v) is 1.05. The van der Waals surface area contributed by atoms with Crippen LogP contribution in [0.15, 0.2) is 4.79 Å². The highest BCUT2D eigenvalue weighted by atomic mass is 127. The Morgan fingerprint density at radius 3 is 2.73 bits per heavy atom. The Balaban J connectivity index is 3.32. The minimum absolute atomic E-state index is 0.0325. The predicted molar refractivity (Wildman–Crippen MR) is 51.7 cm³/mol. The van der Waals surface area contributed by atoms with E-state index in [0.717, 1.165) is 17.9 Å². The molecule has 0 amide bonds. The Morgan fingerprint density at radius 1 is 1.64 bits per heavy atom. The van der Waals surface area contributed by atoms with Crippen molar-refractivity contribution in [1.29, 1.82) is 0 Å². The highest BCUT2D eigenvalue weighted by molar-refractivity contribution is 14.1. The monoisotopic (exact) mass is 264 g/mol. The molecule has 60 valence electrons. The zero-order chi connectivity index (χ0) is 8.43. The van der Waals surface area contributed by atoms with Gasteiger partial charge in [-0.25, -0.2) is 4.98 Å². The molecular weight excluding hydrogens is 255 g/mol. The molecule has 0 atom stereocenters. The summed E-state index contributed by atoms with van der Waals surface area (Å²) in [5, 5.41) is 0. The fourth-order valence-electron chi connectivity index (χ4n) is 0.797. The molecule has 11 heavy (non-hydrogen) atoms. The van der Waals surface area contributed by atoms with E-state index in [-0.39, 0.29) is 5.56 Å². The van der Waals surface area contributed by atoms with Gasteiger partial charge in [-0.3, -0.25) is 4.79 Å². The van der Waals surface area contributed by atoms with Crippen molar-refractivity contribution in [2.75, 3.05) is 0 Å². The summed E-state index contributed by atoms with van der Waals surface area (Å²) in [7, 11) is 0. The molecule has 0 fully saturated rings. The van der Waals surface area contributed by atoms with Crippen LogP contribution in [-0.2, 0) is 6.42 Å². The van der Waals surface area contributed by atoms with Crippen LogP contribution in [0.1, 0.15) is 18.4 Å². The third kappa shape index (κ3) is 1.79. The molecule has 0 saturated heterocycles. The average molecular weight is 264 g/mol. The van der Waals surface area contributed by atoms with Gasteiger partial charge in [0.05, 0.1) is 9.26 Å². The summed E-state index contributed by atoms with van der Waals surface area (Å²) in [6.07, 6.45) is 0.771. The summed E-state index contributed by atoms with van der Waals surface area (Å²) in [5.41, 5.74) is 0.779. The Labute approximate surface area is 78.4 Å². The number of nitrogens with zero attached hydrogens (tertiary/aromatic N) is 1. The van der Waals surface area contributed by atoms with Crippen LogP contribution in [0.25, 0.3) is 0 Å². The van der Waals surface area contributed by atoms with Gasteiger partial charge in [-0.1, -0.05) is 6.92 Å². The first kappa shape index (κ1) is 8.70. The van der Waals surface area contributed by atoms with Crippen molar-refractivity contribution in [3.05, 3.63) is 25.4 Å². The first-order valence-electron chi connectivity index (χ1n) is 3.40. The second-order valence-electron chi connectivity index (χ2n) is 2.27. The van der Waals surface area contributed by atoms with Crippen molar-refractivity contribution in [1.82, 2.24) is 9.97 Å². The van der Waals surface area contributed by atoms with Crippen LogP contribution in [0.5, 0.6) is 0 Å². The van der Waals surface area contributed by atoms with Gasteiger partial charge >= 0.3 is 0 Å². The van der Waals surface area contributed by atoms with Gasteiger partial charge in [0.15, 0.2) is 0 Å². The molecule has 0 saturated carbocycles. The molecule has 4 heteroatoms. The second-order valence-corrected chi connectivity index (χ2v) is 3.34. The van der Waals surface area contributed by atoms with Crippen LogP contribution < -0.4 is 5.56 Å². The highest BCUT2D eigenvalue weighted by Crippen LogP contribution is 2.01. The quantitative estimate of drug-likeness (QED) is 0.776. The molecule has 1 aromatic rings. The lowest BCUT2D eigenvalue weighted by Crippen LogP contribution is -2.15. The lowest BCUT2D eigenvalue weighted by Gasteiger charge is -1.98. The van der Waals surface area contributed by atoms with E-state index in [9.17, 15) is 4.79 Å². The van der Waals surface area contributed by atoms with E-state index in [4.69, 9.17) is 0 Å². The van der Waals surface area contributed by atoms with Crippen molar-refractivity contribution in [2.24, 2.45) is 0 Å². The van der Waals surface area contributed by atoms with E-state index < -0.39 is 0 Å². The first-order chi connectivity index (χ1) is 5.15. The maximum Gasteiger partial charge on any atom is 0.264 e. The second kappa shape index (κ2) is 3.34. The number of aromatic nitrogens is 2. The number of H-pyrrole nitrogens is 1. The summed E-state index contributed by atoms with van der Waals surface area (Å²) in [6, 6.07) is 0. The summed E-state index contributed by atoms with van der Waals surface area (Å²) < 4.78 is 0.680. The fraction of sp³-hybridized carbons (Fsp3) is 0.429. The molecule has 0 aliphatic carbocycles. The van der Waals surface area contributed by atoms with Gasteiger partial charge in [0.25, 0.3) is 5.56 Å². The number of aryl methyl sites for hydroxylation is 2. The molecule has 0 aliphatic rings. The van der Waals surface area contributed by atoms with Crippen LogP contribution in [0.3, 0.4) is 0 Å². The third-order valence-electron chi connectivity index (χ3n) is 1.41. The Hall–Kier alpha value is -0.390. The number of rotatable bonds is 1. The first-order valence-corrected chi connectivity index (χ1v) is 4.48. The van der Waals surface area contributed by atoms with Gasteiger partial charge in [0.2, 0.25) is 0 Å². The maximum absolute atomic E-state index is 11.1. The smallest absolute Gasteiger partial charge is 0.264 e. The van der Waals surface area contributed by atoms with Gasteiger partial charge in [-0.05, 0) is 29.5 Å². The molecule has 1 heterocycles. The van der Waals surface area contributed by atoms with Gasteiger partial charge in [-0.15, -0.1) is 0 Å². The number of hydrogen-bond acceptors (Lipinski definition) is 2. The van der Waals surface area contributed by atoms with Crippen molar-refractivity contribution < 1.29 is 0 Å². The topological polar surface area (TPSA) is 45.8 Å². The Morgan fingerprint density at radius 2 is 2.27 bits per heavy atom. The minimum Gasteiger partial charge on any atom is -0.310 e. The van der Waals surface area contributed by atoms with E-state index in [1.54, 1.807) is 0 Å². The number of aromatic amines is 1. The lowest BCUT2D eigenvalue weighted by atomic mass is 10.4. The standard InChI is InChI=1S/C7H9IN2O/c1-3-5-9-4(2)6(8)7(11)10-5/h3H2,1-2H3,(H,9,10,11). The van der Waals surface area contributed by atoms with Gasteiger partial charge < -0.3 is 4.98 Å². The van der Waals surface area contributed by atoms with Crippen LogP contribution in [0.2, 0.25) is 0 Å². The molecule has 1 aromatic heterocycles. The van der Waals surface area contributed by atoms with Gasteiger partial charge in [0, 0.05) is 6.42 Å². The van der Waals surface area contributed by atoms with Crippen LogP contribution in [0.4, 0.5) is 0 Å². The average Bonchev–Trinajstić information content (AvgIpc) is 1.99. The molecular formula is C7H9IN2O. The third-order valence-corrected chi connectivity index (χ3v) is 2.68.